The molecule has 0 saturated heterocycles. The fourth-order valence-corrected chi connectivity index (χ4v) is 3.18. The maximum absolute atomic E-state index is 11.7. The molecule has 1 amide bonds. The van der Waals surface area contributed by atoms with Crippen molar-refractivity contribution in [2.45, 2.75) is 44.6 Å². The van der Waals surface area contributed by atoms with Crippen LogP contribution in [0.5, 0.6) is 0 Å². The highest BCUT2D eigenvalue weighted by Gasteiger charge is 2.17. The first-order chi connectivity index (χ1) is 9.27. The van der Waals surface area contributed by atoms with E-state index in [9.17, 15) is 4.79 Å². The van der Waals surface area contributed by atoms with Crippen LogP contribution in [0.15, 0.2) is 10.9 Å². The number of rotatable bonds is 6. The second-order valence-corrected chi connectivity index (χ2v) is 5.97. The highest BCUT2D eigenvalue weighted by Crippen LogP contribution is 2.21. The van der Waals surface area contributed by atoms with Crippen molar-refractivity contribution in [3.05, 3.63) is 16.6 Å². The Hall–Kier alpha value is -0.940. The zero-order valence-corrected chi connectivity index (χ0v) is 12.4. The Bertz CT molecular complexity index is 374. The van der Waals surface area contributed by atoms with Crippen LogP contribution < -0.4 is 5.32 Å². The quantitative estimate of drug-likeness (QED) is 0.815. The Kier molecular flexibility index (Phi) is 5.79. The average molecular weight is 281 g/mol. The maximum Gasteiger partial charge on any atom is 0.270 e. The zero-order chi connectivity index (χ0) is 13.5. The molecule has 1 aliphatic carbocycles. The van der Waals surface area contributed by atoms with Crippen molar-refractivity contribution in [3.8, 4) is 0 Å². The van der Waals surface area contributed by atoms with Crippen molar-refractivity contribution in [1.82, 2.24) is 15.2 Å². The van der Waals surface area contributed by atoms with Crippen LogP contribution >= 0.6 is 11.3 Å². The number of aromatic nitrogens is 1. The minimum Gasteiger partial charge on any atom is -0.351 e. The van der Waals surface area contributed by atoms with Gasteiger partial charge in [-0.1, -0.05) is 19.3 Å². The number of hydrogen-bond acceptors (Lipinski definition) is 4. The molecular formula is C14H23N3OS. The minimum atomic E-state index is -0.0541. The first-order valence-corrected chi connectivity index (χ1v) is 8.08. The molecule has 0 unspecified atom stereocenters. The standard InChI is InChI=1S/C14H23N3OS/c1-17(12-6-3-2-4-7-12)9-5-8-15-14(18)13-10-19-11-16-13/h10-12H,2-9H2,1H3,(H,15,18). The Morgan fingerprint density at radius 2 is 2.26 bits per heavy atom. The van der Waals surface area contributed by atoms with Crippen molar-refractivity contribution < 1.29 is 4.79 Å². The third-order valence-corrected chi connectivity index (χ3v) is 4.42. The highest BCUT2D eigenvalue weighted by molar-refractivity contribution is 7.07. The lowest BCUT2D eigenvalue weighted by atomic mass is 9.94. The van der Waals surface area contributed by atoms with Gasteiger partial charge in [0.2, 0.25) is 0 Å². The molecule has 0 aliphatic heterocycles. The molecule has 0 spiro atoms. The number of hydrogen-bond donors (Lipinski definition) is 1. The predicted octanol–water partition coefficient (Wildman–Crippen LogP) is 2.53. The number of carbonyl (C=O) groups is 1. The summed E-state index contributed by atoms with van der Waals surface area (Å²) in [4.78, 5) is 18.1. The van der Waals surface area contributed by atoms with E-state index in [1.54, 1.807) is 10.9 Å². The zero-order valence-electron chi connectivity index (χ0n) is 11.6. The van der Waals surface area contributed by atoms with E-state index in [0.29, 0.717) is 5.69 Å². The SMILES string of the molecule is CN(CCCNC(=O)c1cscn1)C1CCCCC1. The van der Waals surface area contributed by atoms with Crippen molar-refractivity contribution in [3.63, 3.8) is 0 Å². The van der Waals surface area contributed by atoms with Gasteiger partial charge in [-0.05, 0) is 32.9 Å². The van der Waals surface area contributed by atoms with Gasteiger partial charge in [0.05, 0.1) is 5.51 Å². The number of thiazole rings is 1. The van der Waals surface area contributed by atoms with Crippen LogP contribution in [0.25, 0.3) is 0 Å². The van der Waals surface area contributed by atoms with Gasteiger partial charge >= 0.3 is 0 Å². The van der Waals surface area contributed by atoms with E-state index in [4.69, 9.17) is 0 Å². The summed E-state index contributed by atoms with van der Waals surface area (Å²) in [5, 5.41) is 4.70. The summed E-state index contributed by atoms with van der Waals surface area (Å²) in [7, 11) is 2.21. The first-order valence-electron chi connectivity index (χ1n) is 7.14. The molecule has 1 saturated carbocycles. The van der Waals surface area contributed by atoms with Gasteiger partial charge in [0, 0.05) is 18.0 Å². The third-order valence-electron chi connectivity index (χ3n) is 3.84. The van der Waals surface area contributed by atoms with Gasteiger partial charge in [-0.25, -0.2) is 4.98 Å². The summed E-state index contributed by atoms with van der Waals surface area (Å²) in [5.74, 6) is -0.0541. The second kappa shape index (κ2) is 7.60. The molecule has 19 heavy (non-hydrogen) atoms. The summed E-state index contributed by atoms with van der Waals surface area (Å²) in [6.45, 7) is 1.79. The number of nitrogens with zero attached hydrogens (tertiary/aromatic N) is 2. The lowest BCUT2D eigenvalue weighted by Crippen LogP contribution is -2.35. The van der Waals surface area contributed by atoms with Gasteiger partial charge in [0.25, 0.3) is 5.91 Å². The van der Waals surface area contributed by atoms with Crippen LogP contribution in [-0.2, 0) is 0 Å². The third kappa shape index (κ3) is 4.58. The lowest BCUT2D eigenvalue weighted by Gasteiger charge is -2.31. The number of carbonyl (C=O) groups excluding carboxylic acids is 1. The Labute approximate surface area is 119 Å². The molecule has 1 heterocycles. The van der Waals surface area contributed by atoms with Crippen molar-refractivity contribution in [1.29, 1.82) is 0 Å². The molecule has 106 valence electrons. The van der Waals surface area contributed by atoms with Gasteiger partial charge in [-0.3, -0.25) is 4.79 Å². The van der Waals surface area contributed by atoms with Gasteiger partial charge in [0.15, 0.2) is 0 Å². The number of amides is 1. The smallest absolute Gasteiger partial charge is 0.270 e. The van der Waals surface area contributed by atoms with Crippen LogP contribution in [-0.4, -0.2) is 42.0 Å². The average Bonchev–Trinajstić information content (AvgIpc) is 2.98. The lowest BCUT2D eigenvalue weighted by molar-refractivity contribution is 0.0946. The van der Waals surface area contributed by atoms with Gasteiger partial charge in [0.1, 0.15) is 5.69 Å². The molecule has 1 aromatic heterocycles. The molecule has 1 aliphatic rings. The van der Waals surface area contributed by atoms with Gasteiger partial charge < -0.3 is 10.2 Å². The summed E-state index contributed by atoms with van der Waals surface area (Å²) in [6, 6.07) is 0.753. The molecule has 0 bridgehead atoms. The normalized spacial score (nSPS) is 16.7. The van der Waals surface area contributed by atoms with E-state index in [1.165, 1.54) is 43.4 Å². The molecule has 4 nitrogen and oxygen atoms in total. The van der Waals surface area contributed by atoms with Crippen LogP contribution in [0.1, 0.15) is 49.0 Å². The summed E-state index contributed by atoms with van der Waals surface area (Å²) in [5.41, 5.74) is 2.22. The molecule has 0 atom stereocenters. The molecule has 0 aromatic carbocycles. The Balaban J connectivity index is 1.59. The predicted molar refractivity (Wildman–Crippen MR) is 78.6 cm³/mol. The van der Waals surface area contributed by atoms with E-state index in [0.717, 1.165) is 25.6 Å². The molecular weight excluding hydrogens is 258 g/mol. The van der Waals surface area contributed by atoms with Crippen LogP contribution in [0, 0.1) is 0 Å². The van der Waals surface area contributed by atoms with Crippen LogP contribution in [0.3, 0.4) is 0 Å². The van der Waals surface area contributed by atoms with E-state index >= 15 is 0 Å². The summed E-state index contributed by atoms with van der Waals surface area (Å²) < 4.78 is 0. The fourth-order valence-electron chi connectivity index (χ4n) is 2.65. The van der Waals surface area contributed by atoms with Gasteiger partial charge in [-0.2, -0.15) is 0 Å². The molecule has 2 rings (SSSR count). The van der Waals surface area contributed by atoms with E-state index in [2.05, 4.69) is 22.2 Å². The first kappa shape index (κ1) is 14.5. The highest BCUT2D eigenvalue weighted by atomic mass is 32.1. The van der Waals surface area contributed by atoms with E-state index in [1.807, 2.05) is 0 Å². The minimum absolute atomic E-state index is 0.0541. The molecule has 1 N–H and O–H groups in total. The second-order valence-electron chi connectivity index (χ2n) is 5.26. The van der Waals surface area contributed by atoms with Crippen molar-refractivity contribution in [2.24, 2.45) is 0 Å². The van der Waals surface area contributed by atoms with Crippen molar-refractivity contribution >= 4 is 17.2 Å². The largest absolute Gasteiger partial charge is 0.351 e. The van der Waals surface area contributed by atoms with Crippen molar-refractivity contribution in [2.75, 3.05) is 20.1 Å². The van der Waals surface area contributed by atoms with Gasteiger partial charge in [-0.15, -0.1) is 11.3 Å². The van der Waals surface area contributed by atoms with E-state index in [-0.39, 0.29) is 5.91 Å². The maximum atomic E-state index is 11.7. The van der Waals surface area contributed by atoms with Crippen LogP contribution in [0.2, 0.25) is 0 Å². The monoisotopic (exact) mass is 281 g/mol. The van der Waals surface area contributed by atoms with E-state index < -0.39 is 0 Å². The number of nitrogens with one attached hydrogen (secondary N) is 1. The molecule has 1 fully saturated rings. The Morgan fingerprint density at radius 1 is 1.47 bits per heavy atom. The topological polar surface area (TPSA) is 45.2 Å². The van der Waals surface area contributed by atoms with Crippen LogP contribution in [0.4, 0.5) is 0 Å². The summed E-state index contributed by atoms with van der Waals surface area (Å²) >= 11 is 1.45. The molecule has 1 aromatic rings. The summed E-state index contributed by atoms with van der Waals surface area (Å²) in [6.07, 6.45) is 7.81. The Morgan fingerprint density at radius 3 is 2.95 bits per heavy atom. The molecule has 0 radical (unpaired) electrons. The fraction of sp³-hybridized carbons (Fsp3) is 0.714. The molecule has 5 heteroatoms.